The smallest absolute Gasteiger partial charge is 0.199 e. The summed E-state index contributed by atoms with van der Waals surface area (Å²) in [5.41, 5.74) is 6.30. The van der Waals surface area contributed by atoms with E-state index in [1.165, 1.54) is 28.1 Å². The molecule has 0 amide bonds. The molecule has 0 fully saturated rings. The van der Waals surface area contributed by atoms with Gasteiger partial charge in [-0.2, -0.15) is 0 Å². The molecule has 2 heteroatoms. The predicted octanol–water partition coefficient (Wildman–Crippen LogP) is 4.39. The number of nitrogens with zero attached hydrogens (tertiary/aromatic N) is 2. The number of hydrogen-bond donors (Lipinski definition) is 0. The van der Waals surface area contributed by atoms with E-state index in [-0.39, 0.29) is 0 Å². The van der Waals surface area contributed by atoms with Crippen molar-refractivity contribution in [2.24, 2.45) is 0 Å². The Balaban J connectivity index is 0.00000116. The zero-order valence-corrected chi connectivity index (χ0v) is 15.0. The van der Waals surface area contributed by atoms with Crippen LogP contribution in [0.1, 0.15) is 26.3 Å². The van der Waals surface area contributed by atoms with Crippen molar-refractivity contribution < 1.29 is 4.58 Å². The molecule has 0 aromatic heterocycles. The van der Waals surface area contributed by atoms with E-state index in [1.54, 1.807) is 0 Å². The first-order chi connectivity index (χ1) is 10.5. The second-order valence-corrected chi connectivity index (χ2v) is 5.51. The van der Waals surface area contributed by atoms with E-state index in [2.05, 4.69) is 93.2 Å². The van der Waals surface area contributed by atoms with E-state index in [0.717, 1.165) is 0 Å². The fourth-order valence-electron chi connectivity index (χ4n) is 2.19. The minimum Gasteiger partial charge on any atom is -0.378 e. The summed E-state index contributed by atoms with van der Waals surface area (Å²) in [5, 5.41) is 0. The lowest BCUT2D eigenvalue weighted by Gasteiger charge is -2.14. The molecular weight excluding hydrogens is 268 g/mol. The molecule has 2 nitrogen and oxygen atoms in total. The average molecular weight is 297 g/mol. The first kappa shape index (κ1) is 18.0. The highest BCUT2D eigenvalue weighted by atomic mass is 15.1. The maximum atomic E-state index is 2.19. The van der Waals surface area contributed by atoms with Crippen LogP contribution in [0.5, 0.6) is 0 Å². The molecule has 1 aliphatic rings. The summed E-state index contributed by atoms with van der Waals surface area (Å²) in [6, 6.07) is 8.69. The lowest BCUT2D eigenvalue weighted by atomic mass is 9.97. The summed E-state index contributed by atoms with van der Waals surface area (Å²) in [5.74, 6) is 0. The predicted molar refractivity (Wildman–Crippen MR) is 100 cm³/mol. The Bertz CT molecular complexity index is 590. The summed E-state index contributed by atoms with van der Waals surface area (Å²) >= 11 is 0. The molecule has 1 aliphatic carbocycles. The van der Waals surface area contributed by atoms with Crippen LogP contribution < -0.4 is 4.90 Å². The highest BCUT2D eigenvalue weighted by Crippen LogP contribution is 2.24. The molecule has 0 heterocycles. The molecule has 2 rings (SSSR count). The summed E-state index contributed by atoms with van der Waals surface area (Å²) in [7, 11) is 8.24. The Kier molecular flexibility index (Phi) is 6.84. The molecule has 0 unspecified atom stereocenters. The first-order valence-corrected chi connectivity index (χ1v) is 7.88. The van der Waals surface area contributed by atoms with Crippen LogP contribution in [0.15, 0.2) is 54.1 Å². The van der Waals surface area contributed by atoms with Gasteiger partial charge in [0.05, 0.1) is 0 Å². The second kappa shape index (κ2) is 8.38. The van der Waals surface area contributed by atoms with Crippen molar-refractivity contribution >= 4 is 17.0 Å². The Hall–Kier alpha value is -2.09. The van der Waals surface area contributed by atoms with Crippen molar-refractivity contribution in [1.29, 1.82) is 0 Å². The molecule has 0 bridgehead atoms. The Morgan fingerprint density at radius 2 is 1.36 bits per heavy atom. The third-order valence-electron chi connectivity index (χ3n) is 3.63. The number of hydrogen-bond acceptors (Lipinski definition) is 1. The zero-order valence-electron chi connectivity index (χ0n) is 15.0. The van der Waals surface area contributed by atoms with Crippen LogP contribution in [0.4, 0.5) is 5.69 Å². The molecule has 1 aromatic carbocycles. The standard InChI is InChI=1S/C18H23N2.C2H6/c1-14(15-6-10-17(11-7-15)19(2)3)16-8-12-18(13-9-16)20(4)5;1-2/h6-13H,1-5H3;1-2H3/q+1;. The third kappa shape index (κ3) is 4.45. The molecule has 0 aliphatic heterocycles. The van der Waals surface area contributed by atoms with Gasteiger partial charge in [0.2, 0.25) is 0 Å². The van der Waals surface area contributed by atoms with E-state index in [1.807, 2.05) is 13.8 Å². The molecule has 0 saturated heterocycles. The highest BCUT2D eigenvalue weighted by Gasteiger charge is 2.07. The molecule has 0 radical (unpaired) electrons. The normalized spacial score (nSPS) is 12.7. The molecule has 1 aromatic rings. The van der Waals surface area contributed by atoms with E-state index in [9.17, 15) is 0 Å². The van der Waals surface area contributed by atoms with E-state index < -0.39 is 0 Å². The van der Waals surface area contributed by atoms with Crippen molar-refractivity contribution in [3.63, 3.8) is 0 Å². The monoisotopic (exact) mass is 297 g/mol. The van der Waals surface area contributed by atoms with Crippen molar-refractivity contribution in [3.8, 4) is 0 Å². The molecular formula is C20H29N2+. The van der Waals surface area contributed by atoms with Gasteiger partial charge in [0.15, 0.2) is 5.71 Å². The summed E-state index contributed by atoms with van der Waals surface area (Å²) in [4.78, 5) is 2.12. The third-order valence-corrected chi connectivity index (χ3v) is 3.63. The molecule has 118 valence electrons. The minimum absolute atomic E-state index is 1.23. The van der Waals surface area contributed by atoms with E-state index >= 15 is 0 Å². The van der Waals surface area contributed by atoms with Crippen LogP contribution >= 0.6 is 0 Å². The Morgan fingerprint density at radius 1 is 0.864 bits per heavy atom. The lowest BCUT2D eigenvalue weighted by Crippen LogP contribution is -2.09. The lowest BCUT2D eigenvalue weighted by molar-refractivity contribution is -0.462. The number of benzene rings is 1. The van der Waals surface area contributed by atoms with Gasteiger partial charge in [-0.15, -0.1) is 0 Å². The van der Waals surface area contributed by atoms with Crippen molar-refractivity contribution in [2.45, 2.75) is 20.8 Å². The average Bonchev–Trinajstić information content (AvgIpc) is 2.56. The number of allylic oxidation sites excluding steroid dienone is 6. The van der Waals surface area contributed by atoms with Crippen molar-refractivity contribution in [1.82, 2.24) is 0 Å². The van der Waals surface area contributed by atoms with Crippen molar-refractivity contribution in [2.75, 3.05) is 33.1 Å². The van der Waals surface area contributed by atoms with Crippen LogP contribution in [0, 0.1) is 0 Å². The van der Waals surface area contributed by atoms with Crippen LogP contribution in [-0.2, 0) is 0 Å². The summed E-state index contributed by atoms with van der Waals surface area (Å²) in [6.07, 6.45) is 8.69. The van der Waals surface area contributed by atoms with E-state index in [4.69, 9.17) is 0 Å². The van der Waals surface area contributed by atoms with Gasteiger partial charge >= 0.3 is 0 Å². The quantitative estimate of drug-likeness (QED) is 0.734. The Labute approximate surface area is 135 Å². The fourth-order valence-corrected chi connectivity index (χ4v) is 2.19. The van der Waals surface area contributed by atoms with Crippen LogP contribution in [0.2, 0.25) is 0 Å². The van der Waals surface area contributed by atoms with Crippen molar-refractivity contribution in [3.05, 3.63) is 59.7 Å². The molecule has 0 spiro atoms. The van der Waals surface area contributed by atoms with Gasteiger partial charge in [0.1, 0.15) is 14.1 Å². The first-order valence-electron chi connectivity index (χ1n) is 7.88. The van der Waals surface area contributed by atoms with Crippen LogP contribution in [-0.4, -0.2) is 38.5 Å². The topological polar surface area (TPSA) is 6.25 Å². The maximum Gasteiger partial charge on any atom is 0.199 e. The molecule has 0 saturated carbocycles. The molecule has 22 heavy (non-hydrogen) atoms. The zero-order chi connectivity index (χ0) is 16.7. The summed E-state index contributed by atoms with van der Waals surface area (Å²) in [6.45, 7) is 6.18. The second-order valence-electron chi connectivity index (χ2n) is 5.51. The van der Waals surface area contributed by atoms with Gasteiger partial charge in [0, 0.05) is 31.9 Å². The number of anilines is 1. The maximum absolute atomic E-state index is 2.19. The largest absolute Gasteiger partial charge is 0.378 e. The fraction of sp³-hybridized carbons (Fsp3) is 0.350. The van der Waals surface area contributed by atoms with Gasteiger partial charge < -0.3 is 4.90 Å². The van der Waals surface area contributed by atoms with E-state index in [0.29, 0.717) is 0 Å². The minimum atomic E-state index is 1.23. The van der Waals surface area contributed by atoms with Crippen LogP contribution in [0.3, 0.4) is 0 Å². The van der Waals surface area contributed by atoms with Gasteiger partial charge in [0.25, 0.3) is 0 Å². The molecule has 0 N–H and O–H groups in total. The van der Waals surface area contributed by atoms with Gasteiger partial charge in [-0.1, -0.05) is 26.0 Å². The summed E-state index contributed by atoms with van der Waals surface area (Å²) < 4.78 is 2.12. The highest BCUT2D eigenvalue weighted by molar-refractivity contribution is 6.03. The van der Waals surface area contributed by atoms with Gasteiger partial charge in [-0.05, 0) is 47.9 Å². The number of rotatable bonds is 2. The SMILES string of the molecule is CC.CC(=C1C=CC(=[N+](C)C)C=C1)c1ccc(N(C)C)cc1. The molecule has 0 atom stereocenters. The Morgan fingerprint density at radius 3 is 1.77 bits per heavy atom. The van der Waals surface area contributed by atoms with Crippen LogP contribution in [0.25, 0.3) is 5.57 Å². The van der Waals surface area contributed by atoms with Gasteiger partial charge in [-0.25, -0.2) is 4.58 Å². The van der Waals surface area contributed by atoms with Gasteiger partial charge in [-0.3, -0.25) is 0 Å².